The summed E-state index contributed by atoms with van der Waals surface area (Å²) in [4.78, 5) is 44.2. The van der Waals surface area contributed by atoms with E-state index in [1.54, 1.807) is 6.07 Å². The third-order valence-corrected chi connectivity index (χ3v) is 6.60. The number of ketones is 2. The summed E-state index contributed by atoms with van der Waals surface area (Å²) in [5, 5.41) is 5.39. The zero-order valence-electron chi connectivity index (χ0n) is 21.9. The first-order valence-electron chi connectivity index (χ1n) is 12.5. The standard InChI is InChI=1S/C30H31N3O4/c1-6-32(7-2)24-13-9-21(10-14-24)30(36)23-12-16-28-26(18-23)25-17-22(11-15-27(25)33(28)8-3)29(35)19(4)31-37-20(5)34/h9-18H,6-8H2,1-5H3/b31-19+. The molecule has 0 aliphatic heterocycles. The Morgan fingerprint density at radius 3 is 1.86 bits per heavy atom. The number of hydrogen-bond acceptors (Lipinski definition) is 6. The Kier molecular flexibility index (Phi) is 7.53. The highest BCUT2D eigenvalue weighted by atomic mass is 16.7. The number of hydrogen-bond donors (Lipinski definition) is 0. The molecule has 7 nitrogen and oxygen atoms in total. The predicted molar refractivity (Wildman–Crippen MR) is 148 cm³/mol. The van der Waals surface area contributed by atoms with Crippen LogP contribution in [0.3, 0.4) is 0 Å². The van der Waals surface area contributed by atoms with Crippen LogP contribution in [-0.2, 0) is 16.2 Å². The maximum atomic E-state index is 13.4. The Morgan fingerprint density at radius 1 is 0.784 bits per heavy atom. The summed E-state index contributed by atoms with van der Waals surface area (Å²) in [6, 6.07) is 18.9. The smallest absolute Gasteiger partial charge is 0.331 e. The van der Waals surface area contributed by atoms with Gasteiger partial charge in [0.15, 0.2) is 5.78 Å². The van der Waals surface area contributed by atoms with Gasteiger partial charge in [0.2, 0.25) is 5.78 Å². The molecule has 4 aromatic rings. The van der Waals surface area contributed by atoms with Crippen LogP contribution in [-0.4, -0.2) is 40.9 Å². The Bertz CT molecular complexity index is 1530. The SMILES string of the molecule is CCN(CC)c1ccc(C(=O)c2ccc3c(c2)c2cc(C(=O)/C(C)=N/OC(C)=O)ccc2n3CC)cc1. The summed E-state index contributed by atoms with van der Waals surface area (Å²) in [6.45, 7) is 11.6. The van der Waals surface area contributed by atoms with Crippen molar-refractivity contribution < 1.29 is 19.2 Å². The van der Waals surface area contributed by atoms with E-state index in [-0.39, 0.29) is 17.3 Å². The average molecular weight is 498 g/mol. The van der Waals surface area contributed by atoms with E-state index in [9.17, 15) is 14.4 Å². The number of aryl methyl sites for hydroxylation is 1. The van der Waals surface area contributed by atoms with Crippen molar-refractivity contribution in [1.29, 1.82) is 0 Å². The van der Waals surface area contributed by atoms with Gasteiger partial charge in [0.1, 0.15) is 5.71 Å². The van der Waals surface area contributed by atoms with Crippen LogP contribution in [0.4, 0.5) is 5.69 Å². The molecule has 190 valence electrons. The largest absolute Gasteiger partial charge is 0.372 e. The second kappa shape index (κ2) is 10.8. The molecule has 1 aromatic heterocycles. The number of anilines is 1. The van der Waals surface area contributed by atoms with Crippen molar-refractivity contribution in [2.45, 2.75) is 41.2 Å². The zero-order valence-corrected chi connectivity index (χ0v) is 21.9. The molecule has 0 fully saturated rings. The molecule has 4 rings (SSSR count). The molecule has 0 amide bonds. The highest BCUT2D eigenvalue weighted by molar-refractivity contribution is 6.45. The first-order valence-corrected chi connectivity index (χ1v) is 12.5. The summed E-state index contributed by atoms with van der Waals surface area (Å²) in [5.41, 5.74) is 4.77. The third-order valence-electron chi connectivity index (χ3n) is 6.60. The molecule has 0 saturated heterocycles. The van der Waals surface area contributed by atoms with E-state index < -0.39 is 5.97 Å². The van der Waals surface area contributed by atoms with E-state index in [4.69, 9.17) is 0 Å². The van der Waals surface area contributed by atoms with Gasteiger partial charge >= 0.3 is 5.97 Å². The van der Waals surface area contributed by atoms with Crippen LogP contribution >= 0.6 is 0 Å². The minimum absolute atomic E-state index is 0.0537. The van der Waals surface area contributed by atoms with Gasteiger partial charge in [-0.15, -0.1) is 0 Å². The van der Waals surface area contributed by atoms with Gasteiger partial charge in [-0.25, -0.2) is 4.79 Å². The van der Waals surface area contributed by atoms with Gasteiger partial charge in [-0.1, -0.05) is 5.16 Å². The Morgan fingerprint density at radius 2 is 1.32 bits per heavy atom. The van der Waals surface area contributed by atoms with Crippen molar-refractivity contribution in [1.82, 2.24) is 4.57 Å². The third kappa shape index (κ3) is 5.03. The fraction of sp³-hybridized carbons (Fsp3) is 0.267. The monoisotopic (exact) mass is 497 g/mol. The summed E-state index contributed by atoms with van der Waals surface area (Å²) < 4.78 is 2.16. The van der Waals surface area contributed by atoms with Gasteiger partial charge in [0.05, 0.1) is 0 Å². The molecule has 3 aromatic carbocycles. The summed E-state index contributed by atoms with van der Waals surface area (Å²) in [6.07, 6.45) is 0. The van der Waals surface area contributed by atoms with Crippen LogP contribution in [0.2, 0.25) is 0 Å². The normalized spacial score (nSPS) is 11.6. The number of nitrogens with zero attached hydrogens (tertiary/aromatic N) is 3. The van der Waals surface area contributed by atoms with Crippen molar-refractivity contribution in [3.8, 4) is 0 Å². The Hall–Kier alpha value is -4.26. The van der Waals surface area contributed by atoms with E-state index in [0.717, 1.165) is 47.1 Å². The molecule has 0 atom stereocenters. The van der Waals surface area contributed by atoms with E-state index in [0.29, 0.717) is 16.7 Å². The molecule has 37 heavy (non-hydrogen) atoms. The maximum absolute atomic E-state index is 13.4. The zero-order chi connectivity index (χ0) is 26.7. The van der Waals surface area contributed by atoms with E-state index in [1.165, 1.54) is 13.8 Å². The van der Waals surface area contributed by atoms with Gasteiger partial charge in [-0.05, 0) is 88.4 Å². The molecule has 0 spiro atoms. The summed E-state index contributed by atoms with van der Waals surface area (Å²) in [5.74, 6) is -0.975. The van der Waals surface area contributed by atoms with Crippen LogP contribution in [0.5, 0.6) is 0 Å². The number of benzene rings is 3. The van der Waals surface area contributed by atoms with Crippen LogP contribution in [0, 0.1) is 0 Å². The number of aromatic nitrogens is 1. The molecular formula is C30H31N3O4. The fourth-order valence-corrected chi connectivity index (χ4v) is 4.69. The molecule has 0 unspecified atom stereocenters. The highest BCUT2D eigenvalue weighted by Gasteiger charge is 2.18. The minimum atomic E-state index is -0.589. The number of Topliss-reactive ketones (excluding diaryl/α,β-unsaturated/α-hetero) is 1. The number of oxime groups is 1. The second-order valence-corrected chi connectivity index (χ2v) is 8.85. The van der Waals surface area contributed by atoms with Crippen molar-refractivity contribution in [3.63, 3.8) is 0 Å². The van der Waals surface area contributed by atoms with Crippen molar-refractivity contribution in [2.24, 2.45) is 5.16 Å². The van der Waals surface area contributed by atoms with Crippen molar-refractivity contribution >= 4 is 50.7 Å². The molecule has 1 heterocycles. The number of carbonyl (C=O) groups excluding carboxylic acids is 3. The lowest BCUT2D eigenvalue weighted by Gasteiger charge is -2.21. The molecule has 0 radical (unpaired) electrons. The Balaban J connectivity index is 1.76. The van der Waals surface area contributed by atoms with Gasteiger partial charge in [0.25, 0.3) is 0 Å². The van der Waals surface area contributed by atoms with E-state index in [2.05, 4.69) is 40.2 Å². The van der Waals surface area contributed by atoms with Gasteiger partial charge in [-0.2, -0.15) is 0 Å². The van der Waals surface area contributed by atoms with Gasteiger partial charge < -0.3 is 14.3 Å². The molecule has 0 aliphatic carbocycles. The van der Waals surface area contributed by atoms with Crippen LogP contribution in [0.1, 0.15) is 60.9 Å². The van der Waals surface area contributed by atoms with Gasteiger partial charge in [-0.3, -0.25) is 9.59 Å². The molecule has 0 N–H and O–H groups in total. The molecular weight excluding hydrogens is 466 g/mol. The highest BCUT2D eigenvalue weighted by Crippen LogP contribution is 2.31. The number of fused-ring (bicyclic) bond motifs is 3. The molecule has 0 bridgehead atoms. The molecule has 0 aliphatic rings. The first-order chi connectivity index (χ1) is 17.8. The number of rotatable bonds is 9. The average Bonchev–Trinajstić information content (AvgIpc) is 3.24. The van der Waals surface area contributed by atoms with E-state index >= 15 is 0 Å². The van der Waals surface area contributed by atoms with Gasteiger partial charge in [0, 0.05) is 70.7 Å². The quantitative estimate of drug-likeness (QED) is 0.122. The Labute approximate surface area is 216 Å². The van der Waals surface area contributed by atoms with Crippen LogP contribution in [0.15, 0.2) is 65.8 Å². The molecule has 0 saturated carbocycles. The minimum Gasteiger partial charge on any atom is -0.372 e. The summed E-state index contributed by atoms with van der Waals surface area (Å²) >= 11 is 0. The number of carbonyl (C=O) groups is 3. The fourth-order valence-electron chi connectivity index (χ4n) is 4.69. The lowest BCUT2D eigenvalue weighted by Crippen LogP contribution is -2.21. The predicted octanol–water partition coefficient (Wildman–Crippen LogP) is 6.01. The first kappa shape index (κ1) is 25.8. The second-order valence-electron chi connectivity index (χ2n) is 8.85. The van der Waals surface area contributed by atoms with Crippen molar-refractivity contribution in [2.75, 3.05) is 18.0 Å². The topological polar surface area (TPSA) is 81.0 Å². The molecule has 7 heteroatoms. The summed E-state index contributed by atoms with van der Waals surface area (Å²) in [7, 11) is 0. The van der Waals surface area contributed by atoms with Crippen LogP contribution < -0.4 is 4.90 Å². The van der Waals surface area contributed by atoms with E-state index in [1.807, 2.05) is 54.6 Å². The van der Waals surface area contributed by atoms with Crippen LogP contribution in [0.25, 0.3) is 21.8 Å². The maximum Gasteiger partial charge on any atom is 0.331 e. The lowest BCUT2D eigenvalue weighted by molar-refractivity contribution is -0.140. The lowest BCUT2D eigenvalue weighted by atomic mass is 9.99. The van der Waals surface area contributed by atoms with Crippen molar-refractivity contribution in [3.05, 3.63) is 77.4 Å².